The van der Waals surface area contributed by atoms with Crippen LogP contribution in [0.3, 0.4) is 0 Å². The second-order valence-corrected chi connectivity index (χ2v) is 8.12. The van der Waals surface area contributed by atoms with E-state index in [0.717, 1.165) is 18.8 Å². The van der Waals surface area contributed by atoms with Gasteiger partial charge in [0, 0.05) is 12.5 Å². The lowest BCUT2D eigenvalue weighted by atomic mass is 10.2. The molecule has 3 atom stereocenters. The smallest absolute Gasteiger partial charge is 0.223 e. The standard InChI is InChI=1S/C12H19NO3S/c14-12(11-6-10(11)8-3-4-8)13-7-9-2-1-5-17(9,15)16/h8-11H,1-7H2,(H,13,14)/t9?,10-,11+/m1/s1. The van der Waals surface area contributed by atoms with Crippen LogP contribution < -0.4 is 5.32 Å². The second kappa shape index (κ2) is 3.97. The van der Waals surface area contributed by atoms with E-state index in [0.29, 0.717) is 24.6 Å². The summed E-state index contributed by atoms with van der Waals surface area (Å²) in [4.78, 5) is 11.8. The molecule has 1 heterocycles. The average molecular weight is 257 g/mol. The van der Waals surface area contributed by atoms with Crippen molar-refractivity contribution in [3.05, 3.63) is 0 Å². The molecule has 5 heteroatoms. The van der Waals surface area contributed by atoms with Crippen molar-refractivity contribution in [1.82, 2.24) is 5.32 Å². The molecule has 17 heavy (non-hydrogen) atoms. The first-order valence-corrected chi connectivity index (χ1v) is 8.29. The van der Waals surface area contributed by atoms with Crippen molar-refractivity contribution in [3.8, 4) is 0 Å². The van der Waals surface area contributed by atoms with Crippen molar-refractivity contribution in [2.75, 3.05) is 12.3 Å². The lowest BCUT2D eigenvalue weighted by molar-refractivity contribution is -0.122. The molecule has 3 fully saturated rings. The summed E-state index contributed by atoms with van der Waals surface area (Å²) >= 11 is 0. The molecule has 3 aliphatic rings. The summed E-state index contributed by atoms with van der Waals surface area (Å²) in [6, 6.07) is 0. The fourth-order valence-electron chi connectivity index (χ4n) is 2.99. The topological polar surface area (TPSA) is 63.2 Å². The van der Waals surface area contributed by atoms with Gasteiger partial charge in [0.25, 0.3) is 0 Å². The van der Waals surface area contributed by atoms with Crippen LogP contribution in [0.2, 0.25) is 0 Å². The minimum absolute atomic E-state index is 0.0870. The highest BCUT2D eigenvalue weighted by Gasteiger charge is 2.51. The summed E-state index contributed by atoms with van der Waals surface area (Å²) in [6.45, 7) is 0.328. The van der Waals surface area contributed by atoms with E-state index in [1.807, 2.05) is 0 Å². The second-order valence-electron chi connectivity index (χ2n) is 5.72. The van der Waals surface area contributed by atoms with Gasteiger partial charge in [0.2, 0.25) is 5.91 Å². The van der Waals surface area contributed by atoms with Crippen LogP contribution in [0.4, 0.5) is 0 Å². The maximum atomic E-state index is 11.8. The molecule has 1 saturated heterocycles. The van der Waals surface area contributed by atoms with Gasteiger partial charge >= 0.3 is 0 Å². The number of hydrogen-bond acceptors (Lipinski definition) is 3. The van der Waals surface area contributed by atoms with Crippen LogP contribution >= 0.6 is 0 Å². The summed E-state index contributed by atoms with van der Waals surface area (Å²) in [5.74, 6) is 1.97. The van der Waals surface area contributed by atoms with E-state index in [1.165, 1.54) is 12.8 Å². The number of amides is 1. The van der Waals surface area contributed by atoms with E-state index in [1.54, 1.807) is 0 Å². The molecule has 1 unspecified atom stereocenters. The first kappa shape index (κ1) is 11.5. The number of carbonyl (C=O) groups excluding carboxylic acids is 1. The van der Waals surface area contributed by atoms with E-state index in [2.05, 4.69) is 5.32 Å². The SMILES string of the molecule is O=C(NCC1CCCS1(=O)=O)[C@H]1C[C@@H]1C1CC1. The average Bonchev–Trinajstić information content (AvgIpc) is 3.13. The molecular weight excluding hydrogens is 238 g/mol. The van der Waals surface area contributed by atoms with Gasteiger partial charge in [0.1, 0.15) is 0 Å². The van der Waals surface area contributed by atoms with Crippen molar-refractivity contribution >= 4 is 15.7 Å². The molecule has 2 saturated carbocycles. The third-order valence-electron chi connectivity index (χ3n) is 4.37. The predicted molar refractivity (Wildman–Crippen MR) is 64.1 cm³/mol. The summed E-state index contributed by atoms with van der Waals surface area (Å²) in [7, 11) is -2.92. The highest BCUT2D eigenvalue weighted by Crippen LogP contribution is 2.54. The summed E-state index contributed by atoms with van der Waals surface area (Å²) in [5, 5.41) is 2.51. The quantitative estimate of drug-likeness (QED) is 0.807. The fourth-order valence-corrected chi connectivity index (χ4v) is 4.76. The Bertz CT molecular complexity index is 427. The number of sulfone groups is 1. The Labute approximate surface area is 102 Å². The van der Waals surface area contributed by atoms with Gasteiger partial charge in [0.15, 0.2) is 9.84 Å². The first-order chi connectivity index (χ1) is 8.08. The molecule has 96 valence electrons. The largest absolute Gasteiger partial charge is 0.355 e. The van der Waals surface area contributed by atoms with Gasteiger partial charge in [0.05, 0.1) is 11.0 Å². The van der Waals surface area contributed by atoms with Crippen molar-refractivity contribution in [3.63, 3.8) is 0 Å². The molecule has 0 bridgehead atoms. The number of hydrogen-bond donors (Lipinski definition) is 1. The molecule has 0 aromatic rings. The van der Waals surface area contributed by atoms with E-state index in [9.17, 15) is 13.2 Å². The molecular formula is C12H19NO3S. The minimum Gasteiger partial charge on any atom is -0.355 e. The van der Waals surface area contributed by atoms with Crippen LogP contribution in [0.1, 0.15) is 32.1 Å². The van der Waals surface area contributed by atoms with Crippen molar-refractivity contribution in [2.45, 2.75) is 37.4 Å². The molecule has 4 nitrogen and oxygen atoms in total. The van der Waals surface area contributed by atoms with Crippen LogP contribution in [0.25, 0.3) is 0 Å². The maximum absolute atomic E-state index is 11.8. The molecule has 0 aromatic heterocycles. The Kier molecular flexibility index (Phi) is 2.69. The lowest BCUT2D eigenvalue weighted by Gasteiger charge is -2.10. The highest BCUT2D eigenvalue weighted by molar-refractivity contribution is 7.92. The van der Waals surface area contributed by atoms with Gasteiger partial charge in [-0.15, -0.1) is 0 Å². The van der Waals surface area contributed by atoms with Gasteiger partial charge in [-0.05, 0) is 43.9 Å². The van der Waals surface area contributed by atoms with Crippen molar-refractivity contribution in [1.29, 1.82) is 0 Å². The molecule has 0 aromatic carbocycles. The van der Waals surface area contributed by atoms with Crippen molar-refractivity contribution < 1.29 is 13.2 Å². The van der Waals surface area contributed by atoms with Gasteiger partial charge < -0.3 is 5.32 Å². The number of rotatable bonds is 4. The van der Waals surface area contributed by atoms with Gasteiger partial charge in [-0.3, -0.25) is 4.79 Å². The van der Waals surface area contributed by atoms with Crippen LogP contribution in [-0.4, -0.2) is 31.9 Å². The van der Waals surface area contributed by atoms with Gasteiger partial charge in [-0.2, -0.15) is 0 Å². The zero-order valence-corrected chi connectivity index (χ0v) is 10.7. The Morgan fingerprint density at radius 3 is 2.59 bits per heavy atom. The van der Waals surface area contributed by atoms with E-state index in [4.69, 9.17) is 0 Å². The van der Waals surface area contributed by atoms with Gasteiger partial charge in [-0.1, -0.05) is 0 Å². The van der Waals surface area contributed by atoms with E-state index >= 15 is 0 Å². The zero-order valence-electron chi connectivity index (χ0n) is 9.89. The Morgan fingerprint density at radius 2 is 2.00 bits per heavy atom. The minimum atomic E-state index is -2.92. The fraction of sp³-hybridized carbons (Fsp3) is 0.917. The molecule has 0 radical (unpaired) electrons. The van der Waals surface area contributed by atoms with Gasteiger partial charge in [-0.25, -0.2) is 8.42 Å². The summed E-state index contributed by atoms with van der Waals surface area (Å²) in [6.07, 6.45) is 5.04. The molecule has 0 spiro atoms. The first-order valence-electron chi connectivity index (χ1n) is 6.57. The molecule has 3 rings (SSSR count). The lowest BCUT2D eigenvalue weighted by Crippen LogP contribution is -2.35. The predicted octanol–water partition coefficient (Wildman–Crippen LogP) is 0.726. The molecule has 1 N–H and O–H groups in total. The third kappa shape index (κ3) is 2.34. The Balaban J connectivity index is 1.46. The molecule has 1 amide bonds. The van der Waals surface area contributed by atoms with Crippen LogP contribution in [0.5, 0.6) is 0 Å². The Hall–Kier alpha value is -0.580. The normalized spacial score (nSPS) is 38.9. The number of carbonyl (C=O) groups is 1. The van der Waals surface area contributed by atoms with E-state index in [-0.39, 0.29) is 17.1 Å². The van der Waals surface area contributed by atoms with Crippen LogP contribution in [0, 0.1) is 17.8 Å². The van der Waals surface area contributed by atoms with E-state index < -0.39 is 9.84 Å². The monoisotopic (exact) mass is 257 g/mol. The summed E-state index contributed by atoms with van der Waals surface area (Å²) in [5.41, 5.74) is 0. The highest BCUT2D eigenvalue weighted by atomic mass is 32.2. The molecule has 2 aliphatic carbocycles. The molecule has 1 aliphatic heterocycles. The maximum Gasteiger partial charge on any atom is 0.223 e. The number of nitrogens with one attached hydrogen (secondary N) is 1. The third-order valence-corrected chi connectivity index (χ3v) is 6.65. The van der Waals surface area contributed by atoms with Crippen LogP contribution in [-0.2, 0) is 14.6 Å². The van der Waals surface area contributed by atoms with Crippen molar-refractivity contribution in [2.24, 2.45) is 17.8 Å². The van der Waals surface area contributed by atoms with Crippen LogP contribution in [0.15, 0.2) is 0 Å². The summed E-state index contributed by atoms with van der Waals surface area (Å²) < 4.78 is 23.2. The zero-order chi connectivity index (χ0) is 12.0. The Morgan fingerprint density at radius 1 is 1.24 bits per heavy atom.